The highest BCUT2D eigenvalue weighted by Gasteiger charge is 2.40. The minimum Gasteiger partial charge on any atom is -0.335 e. The van der Waals surface area contributed by atoms with Gasteiger partial charge >= 0.3 is 0 Å². The molecule has 0 atom stereocenters. The van der Waals surface area contributed by atoms with Crippen LogP contribution in [0.25, 0.3) is 0 Å². The van der Waals surface area contributed by atoms with Crippen LogP contribution in [-0.4, -0.2) is 28.5 Å². The third-order valence-corrected chi connectivity index (χ3v) is 4.73. The van der Waals surface area contributed by atoms with E-state index in [9.17, 15) is 14.4 Å². The van der Waals surface area contributed by atoms with Gasteiger partial charge in [-0.1, -0.05) is 30.3 Å². The Morgan fingerprint density at radius 3 is 2.04 bits per heavy atom. The van der Waals surface area contributed by atoms with Gasteiger partial charge in [0.25, 0.3) is 0 Å². The van der Waals surface area contributed by atoms with Gasteiger partial charge in [-0.05, 0) is 64.4 Å². The SMILES string of the molecule is CC(=O)c1ccc(NC(=O)C(C)(C)C(=O)N(Cc2ccccc2)C(C)C)cc1. The van der Waals surface area contributed by atoms with Crippen molar-refractivity contribution in [3.8, 4) is 0 Å². The maximum absolute atomic E-state index is 13.2. The second-order valence-electron chi connectivity index (χ2n) is 7.73. The highest BCUT2D eigenvalue weighted by molar-refractivity contribution is 6.10. The molecule has 5 nitrogen and oxygen atoms in total. The Bertz CT molecular complexity index is 840. The number of anilines is 1. The van der Waals surface area contributed by atoms with Crippen molar-refractivity contribution in [1.29, 1.82) is 0 Å². The summed E-state index contributed by atoms with van der Waals surface area (Å²) in [5.74, 6) is -0.655. The molecule has 0 aromatic heterocycles. The van der Waals surface area contributed by atoms with E-state index in [4.69, 9.17) is 0 Å². The second kappa shape index (κ2) is 8.83. The minimum atomic E-state index is -1.24. The summed E-state index contributed by atoms with van der Waals surface area (Å²) < 4.78 is 0. The van der Waals surface area contributed by atoms with Crippen LogP contribution >= 0.6 is 0 Å². The first-order valence-electron chi connectivity index (χ1n) is 9.40. The molecule has 28 heavy (non-hydrogen) atoms. The van der Waals surface area contributed by atoms with Crippen LogP contribution in [0.3, 0.4) is 0 Å². The third-order valence-electron chi connectivity index (χ3n) is 4.73. The van der Waals surface area contributed by atoms with Gasteiger partial charge in [0.2, 0.25) is 11.8 Å². The lowest BCUT2D eigenvalue weighted by atomic mass is 9.89. The van der Waals surface area contributed by atoms with Gasteiger partial charge in [0, 0.05) is 23.8 Å². The van der Waals surface area contributed by atoms with Gasteiger partial charge in [-0.3, -0.25) is 14.4 Å². The number of hydrogen-bond donors (Lipinski definition) is 1. The number of rotatable bonds is 7. The summed E-state index contributed by atoms with van der Waals surface area (Å²) in [5.41, 5.74) is 0.899. The van der Waals surface area contributed by atoms with E-state index in [1.165, 1.54) is 6.92 Å². The van der Waals surface area contributed by atoms with Crippen LogP contribution < -0.4 is 5.32 Å². The Balaban J connectivity index is 2.16. The molecule has 2 aromatic carbocycles. The predicted molar refractivity (Wildman–Crippen MR) is 111 cm³/mol. The minimum absolute atomic E-state index is 0.0399. The zero-order chi connectivity index (χ0) is 20.9. The average molecular weight is 380 g/mol. The molecule has 0 saturated carbocycles. The van der Waals surface area contributed by atoms with Crippen LogP contribution in [-0.2, 0) is 16.1 Å². The van der Waals surface area contributed by atoms with Crippen LogP contribution in [0.5, 0.6) is 0 Å². The fourth-order valence-electron chi connectivity index (χ4n) is 2.80. The Labute approximate surface area is 166 Å². The van der Waals surface area contributed by atoms with Crippen molar-refractivity contribution < 1.29 is 14.4 Å². The molecule has 2 aromatic rings. The molecule has 1 N–H and O–H groups in total. The Morgan fingerprint density at radius 1 is 0.964 bits per heavy atom. The van der Waals surface area contributed by atoms with E-state index < -0.39 is 5.41 Å². The van der Waals surface area contributed by atoms with Crippen LogP contribution in [0.2, 0.25) is 0 Å². The normalized spacial score (nSPS) is 11.2. The molecule has 0 bridgehead atoms. The van der Waals surface area contributed by atoms with Crippen molar-refractivity contribution in [3.63, 3.8) is 0 Å². The van der Waals surface area contributed by atoms with E-state index in [0.29, 0.717) is 17.8 Å². The summed E-state index contributed by atoms with van der Waals surface area (Å²) in [6.07, 6.45) is 0. The topological polar surface area (TPSA) is 66.5 Å². The molecule has 0 aliphatic heterocycles. The fraction of sp³-hybridized carbons (Fsp3) is 0.348. The molecular weight excluding hydrogens is 352 g/mol. The summed E-state index contributed by atoms with van der Waals surface area (Å²) in [4.78, 5) is 39.1. The first-order chi connectivity index (χ1) is 13.1. The largest absolute Gasteiger partial charge is 0.335 e. The van der Waals surface area contributed by atoms with Gasteiger partial charge in [-0.15, -0.1) is 0 Å². The number of ketones is 1. The van der Waals surface area contributed by atoms with Gasteiger partial charge in [0.05, 0.1) is 0 Å². The van der Waals surface area contributed by atoms with Crippen molar-refractivity contribution in [3.05, 3.63) is 65.7 Å². The molecule has 0 aliphatic rings. The molecule has 0 unspecified atom stereocenters. The number of hydrogen-bond acceptors (Lipinski definition) is 3. The van der Waals surface area contributed by atoms with E-state index in [2.05, 4.69) is 5.32 Å². The molecule has 0 radical (unpaired) electrons. The number of Topliss-reactive ketones (excluding diaryl/α,β-unsaturated/α-hetero) is 1. The molecule has 0 heterocycles. The molecule has 0 spiro atoms. The smallest absolute Gasteiger partial charge is 0.239 e. The molecular formula is C23H28N2O3. The average Bonchev–Trinajstić information content (AvgIpc) is 2.66. The van der Waals surface area contributed by atoms with E-state index in [1.807, 2.05) is 44.2 Å². The Kier molecular flexibility index (Phi) is 6.73. The van der Waals surface area contributed by atoms with Crippen molar-refractivity contribution in [1.82, 2.24) is 4.90 Å². The highest BCUT2D eigenvalue weighted by Crippen LogP contribution is 2.25. The second-order valence-corrected chi connectivity index (χ2v) is 7.73. The van der Waals surface area contributed by atoms with Crippen LogP contribution in [0, 0.1) is 5.41 Å². The number of benzene rings is 2. The first-order valence-corrected chi connectivity index (χ1v) is 9.40. The highest BCUT2D eigenvalue weighted by atomic mass is 16.2. The lowest BCUT2D eigenvalue weighted by Gasteiger charge is -2.34. The summed E-state index contributed by atoms with van der Waals surface area (Å²) in [6, 6.07) is 16.3. The summed E-state index contributed by atoms with van der Waals surface area (Å²) in [6.45, 7) is 9.08. The number of carbonyl (C=O) groups excluding carboxylic acids is 3. The predicted octanol–water partition coefficient (Wildman–Crippen LogP) is 4.29. The van der Waals surface area contributed by atoms with E-state index >= 15 is 0 Å². The van der Waals surface area contributed by atoms with E-state index in [-0.39, 0.29) is 23.6 Å². The maximum atomic E-state index is 13.2. The Morgan fingerprint density at radius 2 is 1.54 bits per heavy atom. The molecule has 0 fully saturated rings. The fourth-order valence-corrected chi connectivity index (χ4v) is 2.80. The van der Waals surface area contributed by atoms with E-state index in [0.717, 1.165) is 5.56 Å². The van der Waals surface area contributed by atoms with Gasteiger partial charge in [-0.25, -0.2) is 0 Å². The molecule has 0 saturated heterocycles. The molecule has 2 amide bonds. The number of amides is 2. The van der Waals surface area contributed by atoms with Crippen molar-refractivity contribution in [2.45, 2.75) is 47.2 Å². The molecule has 0 aliphatic carbocycles. The molecule has 2 rings (SSSR count). The maximum Gasteiger partial charge on any atom is 0.239 e. The van der Waals surface area contributed by atoms with Gasteiger partial charge in [-0.2, -0.15) is 0 Å². The monoisotopic (exact) mass is 380 g/mol. The van der Waals surface area contributed by atoms with Crippen LogP contribution in [0.4, 0.5) is 5.69 Å². The lowest BCUT2D eigenvalue weighted by Crippen LogP contribution is -2.49. The van der Waals surface area contributed by atoms with Crippen LogP contribution in [0.15, 0.2) is 54.6 Å². The first kappa shape index (κ1) is 21.4. The Hall–Kier alpha value is -2.95. The third kappa shape index (κ3) is 5.06. The summed E-state index contributed by atoms with van der Waals surface area (Å²) in [5, 5.41) is 2.79. The van der Waals surface area contributed by atoms with Gasteiger partial charge in [0.15, 0.2) is 5.78 Å². The van der Waals surface area contributed by atoms with E-state index in [1.54, 1.807) is 43.0 Å². The molecule has 5 heteroatoms. The summed E-state index contributed by atoms with van der Waals surface area (Å²) >= 11 is 0. The number of carbonyl (C=O) groups is 3. The summed E-state index contributed by atoms with van der Waals surface area (Å²) in [7, 11) is 0. The molecule has 148 valence electrons. The lowest BCUT2D eigenvalue weighted by molar-refractivity contribution is -0.148. The standard InChI is InChI=1S/C23H28N2O3/c1-16(2)25(15-18-9-7-6-8-10-18)22(28)23(4,5)21(27)24-20-13-11-19(12-14-20)17(3)26/h6-14,16H,15H2,1-5H3,(H,24,27). The van der Waals surface area contributed by atoms with Gasteiger partial charge in [0.1, 0.15) is 5.41 Å². The van der Waals surface area contributed by atoms with Gasteiger partial charge < -0.3 is 10.2 Å². The number of nitrogens with one attached hydrogen (secondary N) is 1. The van der Waals surface area contributed by atoms with Crippen molar-refractivity contribution in [2.24, 2.45) is 5.41 Å². The van der Waals surface area contributed by atoms with Crippen molar-refractivity contribution >= 4 is 23.3 Å². The van der Waals surface area contributed by atoms with Crippen molar-refractivity contribution in [2.75, 3.05) is 5.32 Å². The zero-order valence-corrected chi connectivity index (χ0v) is 17.2. The zero-order valence-electron chi connectivity index (χ0n) is 17.2. The quantitative estimate of drug-likeness (QED) is 0.575. The number of nitrogens with zero attached hydrogens (tertiary/aromatic N) is 1. The van der Waals surface area contributed by atoms with Crippen LogP contribution in [0.1, 0.15) is 50.5 Å².